The number of alkyl carbamates (subject to hydrolysis) is 1. The number of benzene rings is 4. The third-order valence-corrected chi connectivity index (χ3v) is 7.82. The largest absolute Gasteiger partial charge is 0.481 e. The number of carbonyl (C=O) groups is 2. The van der Waals surface area contributed by atoms with Gasteiger partial charge in [-0.05, 0) is 77.9 Å². The minimum Gasteiger partial charge on any atom is -0.481 e. The van der Waals surface area contributed by atoms with Crippen molar-refractivity contribution in [2.24, 2.45) is 0 Å². The number of nitrogens with one attached hydrogen (secondary N) is 3. The Bertz CT molecular complexity index is 1820. The second kappa shape index (κ2) is 18.5. The van der Waals surface area contributed by atoms with Crippen LogP contribution >= 0.6 is 0 Å². The van der Waals surface area contributed by atoms with Gasteiger partial charge in [-0.3, -0.25) is 10.6 Å². The monoisotopic (exact) mass is 701 g/mol. The van der Waals surface area contributed by atoms with E-state index in [4.69, 9.17) is 14.2 Å². The van der Waals surface area contributed by atoms with E-state index >= 15 is 0 Å². The summed E-state index contributed by atoms with van der Waals surface area (Å²) in [6, 6.07) is 29.4. The number of hydrogen-bond donors (Lipinski definition) is 4. The summed E-state index contributed by atoms with van der Waals surface area (Å²) in [6.07, 6.45) is -0.858. The molecular weight excluding hydrogens is 654 g/mol. The van der Waals surface area contributed by atoms with Crippen LogP contribution in [0.3, 0.4) is 0 Å². The summed E-state index contributed by atoms with van der Waals surface area (Å²) in [6.45, 7) is 11.5. The van der Waals surface area contributed by atoms with Crippen molar-refractivity contribution in [3.8, 4) is 35.2 Å². The van der Waals surface area contributed by atoms with Crippen molar-refractivity contribution in [2.45, 2.75) is 71.9 Å². The first-order valence-electron chi connectivity index (χ1n) is 17.1. The zero-order chi connectivity index (χ0) is 37.6. The van der Waals surface area contributed by atoms with Crippen molar-refractivity contribution in [1.29, 1.82) is 0 Å². The molecule has 9 heteroatoms. The lowest BCUT2D eigenvalue weighted by Gasteiger charge is -2.38. The van der Waals surface area contributed by atoms with Crippen LogP contribution in [-0.4, -0.2) is 47.7 Å². The molecule has 0 fully saturated rings. The second-order valence-corrected chi connectivity index (χ2v) is 13.5. The molecular formula is C43H47N3O6. The highest BCUT2D eigenvalue weighted by Crippen LogP contribution is 2.24. The number of ether oxygens (including phenoxy) is 3. The lowest BCUT2D eigenvalue weighted by atomic mass is 9.99. The van der Waals surface area contributed by atoms with Crippen molar-refractivity contribution in [3.05, 3.63) is 130 Å². The van der Waals surface area contributed by atoms with Crippen LogP contribution in [0.2, 0.25) is 0 Å². The van der Waals surface area contributed by atoms with E-state index < -0.39 is 29.4 Å². The Morgan fingerprint density at radius 2 is 1.13 bits per heavy atom. The molecule has 0 aliphatic rings. The Kier molecular flexibility index (Phi) is 13.9. The van der Waals surface area contributed by atoms with Crippen LogP contribution in [0.15, 0.2) is 97.1 Å². The van der Waals surface area contributed by atoms with Gasteiger partial charge in [0.05, 0.1) is 5.66 Å². The summed E-state index contributed by atoms with van der Waals surface area (Å²) in [4.78, 5) is 25.8. The molecule has 0 radical (unpaired) electrons. The van der Waals surface area contributed by atoms with Crippen LogP contribution < -0.4 is 25.4 Å². The number of carboxylic acids is 1. The molecule has 9 nitrogen and oxygen atoms in total. The molecule has 0 saturated carbocycles. The summed E-state index contributed by atoms with van der Waals surface area (Å²) in [5, 5.41) is 19.8. The highest BCUT2D eigenvalue weighted by molar-refractivity contribution is 5.81. The first-order valence-corrected chi connectivity index (χ1v) is 17.1. The molecule has 1 atom stereocenters. The minimum atomic E-state index is -1.46. The Labute approximate surface area is 307 Å². The number of aliphatic carboxylic acids is 1. The number of amides is 1. The quantitative estimate of drug-likeness (QED) is 0.0895. The molecule has 0 spiro atoms. The van der Waals surface area contributed by atoms with Crippen molar-refractivity contribution in [2.75, 3.05) is 13.2 Å². The van der Waals surface area contributed by atoms with Crippen LogP contribution in [0.1, 0.15) is 61.1 Å². The van der Waals surface area contributed by atoms with E-state index in [9.17, 15) is 14.7 Å². The molecule has 1 amide bonds. The van der Waals surface area contributed by atoms with Gasteiger partial charge < -0.3 is 24.6 Å². The van der Waals surface area contributed by atoms with E-state index in [1.807, 2.05) is 111 Å². The second-order valence-electron chi connectivity index (χ2n) is 13.5. The first-order chi connectivity index (χ1) is 24.8. The number of aryl methyl sites for hydroxylation is 2. The Morgan fingerprint density at radius 1 is 0.692 bits per heavy atom. The molecule has 0 heterocycles. The summed E-state index contributed by atoms with van der Waals surface area (Å²) in [7, 11) is 0. The fraction of sp³-hybridized carbons (Fsp3) is 0.302. The van der Waals surface area contributed by atoms with Crippen molar-refractivity contribution in [3.63, 3.8) is 0 Å². The zero-order valence-electron chi connectivity index (χ0n) is 30.6. The molecule has 0 bridgehead atoms. The van der Waals surface area contributed by atoms with E-state index in [1.54, 1.807) is 27.7 Å². The molecule has 4 aromatic carbocycles. The predicted molar refractivity (Wildman–Crippen MR) is 203 cm³/mol. The van der Waals surface area contributed by atoms with Crippen molar-refractivity contribution in [1.82, 2.24) is 16.0 Å². The highest BCUT2D eigenvalue weighted by atomic mass is 16.6. The third-order valence-electron chi connectivity index (χ3n) is 7.82. The molecule has 0 aliphatic heterocycles. The molecule has 52 heavy (non-hydrogen) atoms. The van der Waals surface area contributed by atoms with Gasteiger partial charge in [0.1, 0.15) is 30.3 Å². The summed E-state index contributed by atoms with van der Waals surface area (Å²) >= 11 is 0. The molecule has 0 aromatic heterocycles. The predicted octanol–water partition coefficient (Wildman–Crippen LogP) is 6.74. The van der Waals surface area contributed by atoms with Gasteiger partial charge in [0.25, 0.3) is 0 Å². The number of carbonyl (C=O) groups excluding carboxylic acids is 1. The molecule has 4 aromatic rings. The van der Waals surface area contributed by atoms with Crippen molar-refractivity contribution < 1.29 is 28.9 Å². The van der Waals surface area contributed by atoms with Gasteiger partial charge in [-0.15, -0.1) is 0 Å². The van der Waals surface area contributed by atoms with E-state index in [0.717, 1.165) is 33.4 Å². The fourth-order valence-electron chi connectivity index (χ4n) is 5.22. The fourth-order valence-corrected chi connectivity index (χ4v) is 5.22. The SMILES string of the molecule is Cc1ccc(OCC#Cc2ccccc2)c(CNC(C)(NCc2cc(C)ccc2OCC#Cc2ccccc2)C(NC(=O)OC(C)(C)C)C(=O)O)c1. The summed E-state index contributed by atoms with van der Waals surface area (Å²) in [5.74, 6) is 12.2. The highest BCUT2D eigenvalue weighted by Gasteiger charge is 2.41. The van der Waals surface area contributed by atoms with Gasteiger partial charge in [0.2, 0.25) is 0 Å². The first kappa shape index (κ1) is 39.1. The Hall–Kier alpha value is -5.74. The molecule has 270 valence electrons. The third kappa shape index (κ3) is 12.5. The minimum absolute atomic E-state index is 0.157. The lowest BCUT2D eigenvalue weighted by Crippen LogP contribution is -2.69. The van der Waals surface area contributed by atoms with E-state index in [0.29, 0.717) is 11.5 Å². The number of rotatable bonds is 13. The van der Waals surface area contributed by atoms with Crippen LogP contribution in [-0.2, 0) is 22.6 Å². The Morgan fingerprint density at radius 3 is 1.54 bits per heavy atom. The van der Waals surface area contributed by atoms with Gasteiger partial charge in [-0.25, -0.2) is 9.59 Å². The van der Waals surface area contributed by atoms with Crippen molar-refractivity contribution >= 4 is 12.1 Å². The average molecular weight is 702 g/mol. The molecule has 1 unspecified atom stereocenters. The van der Waals surface area contributed by atoms with Gasteiger partial charge in [0.15, 0.2) is 6.04 Å². The topological polar surface area (TPSA) is 118 Å². The smallest absolute Gasteiger partial charge is 0.408 e. The maximum Gasteiger partial charge on any atom is 0.408 e. The lowest BCUT2D eigenvalue weighted by molar-refractivity contribution is -0.142. The van der Waals surface area contributed by atoms with Gasteiger partial charge in [0, 0.05) is 35.3 Å². The summed E-state index contributed by atoms with van der Waals surface area (Å²) < 4.78 is 17.6. The van der Waals surface area contributed by atoms with E-state index in [-0.39, 0.29) is 26.3 Å². The van der Waals surface area contributed by atoms with Crippen LogP contribution in [0.5, 0.6) is 11.5 Å². The standard InChI is InChI=1S/C43H47N3O6/c1-31-21-23-37(50-25-13-19-33-15-9-7-10-16-33)35(27-31)29-44-43(6,39(40(47)48)46-41(49)52-42(3,4)5)45-30-36-28-32(2)22-24-38(36)51-26-14-20-34-17-11-8-12-18-34/h7-12,15-18,21-24,27-28,39,44-45H,25-26,29-30H2,1-6H3,(H,46,49)(H,47,48). The van der Waals surface area contributed by atoms with Crippen LogP contribution in [0, 0.1) is 37.5 Å². The number of carboxylic acid groups (broad SMARTS) is 1. The van der Waals surface area contributed by atoms with Gasteiger partial charge in [-0.1, -0.05) is 95.5 Å². The molecule has 0 saturated heterocycles. The van der Waals surface area contributed by atoms with E-state index in [1.165, 1.54) is 0 Å². The van der Waals surface area contributed by atoms with Gasteiger partial charge in [-0.2, -0.15) is 0 Å². The maximum absolute atomic E-state index is 12.9. The number of hydrogen-bond acceptors (Lipinski definition) is 7. The normalized spacial score (nSPS) is 11.6. The zero-order valence-corrected chi connectivity index (χ0v) is 30.6. The van der Waals surface area contributed by atoms with E-state index in [2.05, 4.69) is 39.6 Å². The Balaban J connectivity index is 1.58. The summed E-state index contributed by atoms with van der Waals surface area (Å²) in [5.41, 5.74) is 3.08. The average Bonchev–Trinajstić information content (AvgIpc) is 3.10. The molecule has 4 rings (SSSR count). The van der Waals surface area contributed by atoms with Crippen LogP contribution in [0.4, 0.5) is 4.79 Å². The molecule has 4 N–H and O–H groups in total. The van der Waals surface area contributed by atoms with Crippen LogP contribution in [0.25, 0.3) is 0 Å². The van der Waals surface area contributed by atoms with Gasteiger partial charge >= 0.3 is 12.1 Å². The molecule has 0 aliphatic carbocycles. The maximum atomic E-state index is 12.9.